The van der Waals surface area contributed by atoms with Crippen molar-refractivity contribution in [1.82, 2.24) is 30.3 Å². The topological polar surface area (TPSA) is 97.7 Å². The van der Waals surface area contributed by atoms with E-state index >= 15 is 0 Å². The van der Waals surface area contributed by atoms with Crippen molar-refractivity contribution in [3.8, 4) is 0 Å². The van der Waals surface area contributed by atoms with E-state index in [-0.39, 0.29) is 11.9 Å². The largest absolute Gasteiger partial charge is 0.379 e. The van der Waals surface area contributed by atoms with Crippen LogP contribution in [-0.2, 0) is 11.3 Å². The van der Waals surface area contributed by atoms with Gasteiger partial charge in [0, 0.05) is 18.2 Å². The van der Waals surface area contributed by atoms with Crippen LogP contribution in [0.25, 0.3) is 11.0 Å². The third-order valence-corrected chi connectivity index (χ3v) is 3.90. The van der Waals surface area contributed by atoms with Crippen LogP contribution in [0.5, 0.6) is 0 Å². The fraction of sp³-hybridized carbons (Fsp3) is 0.333. The molecule has 3 aromatic rings. The molecule has 3 aromatic heterocycles. The summed E-state index contributed by atoms with van der Waals surface area (Å²) in [6, 6.07) is 5.77. The summed E-state index contributed by atoms with van der Waals surface area (Å²) in [6.07, 6.45) is 4.48. The molecule has 0 aromatic carbocycles. The Kier molecular flexibility index (Phi) is 3.51. The van der Waals surface area contributed by atoms with Crippen LogP contribution in [0.2, 0.25) is 0 Å². The molecule has 0 saturated carbocycles. The van der Waals surface area contributed by atoms with Gasteiger partial charge in [0.25, 0.3) is 5.91 Å². The molecule has 1 aliphatic rings. The van der Waals surface area contributed by atoms with E-state index in [9.17, 15) is 4.79 Å². The highest BCUT2D eigenvalue weighted by Crippen LogP contribution is 2.17. The minimum absolute atomic E-state index is 0.193. The number of rotatable bonds is 4. The molecule has 1 atom stereocenters. The second kappa shape index (κ2) is 5.81. The molecule has 2 N–H and O–H groups in total. The highest BCUT2D eigenvalue weighted by molar-refractivity contribution is 5.97. The summed E-state index contributed by atoms with van der Waals surface area (Å²) in [5, 5.41) is 11.9. The quantitative estimate of drug-likeness (QED) is 0.750. The monoisotopic (exact) mass is 312 g/mol. The lowest BCUT2D eigenvalue weighted by Crippen LogP contribution is -2.23. The molecule has 4 rings (SSSR count). The van der Waals surface area contributed by atoms with Gasteiger partial charge in [0.2, 0.25) is 0 Å². The maximum atomic E-state index is 12.2. The zero-order valence-electron chi connectivity index (χ0n) is 12.4. The Labute approximate surface area is 131 Å². The maximum absolute atomic E-state index is 12.2. The number of nitrogens with zero attached hydrogens (tertiary/aromatic N) is 4. The highest BCUT2D eigenvalue weighted by atomic mass is 16.5. The number of aromatic nitrogens is 5. The van der Waals surface area contributed by atoms with Crippen molar-refractivity contribution in [2.24, 2.45) is 0 Å². The Balaban J connectivity index is 1.41. The van der Waals surface area contributed by atoms with Crippen molar-refractivity contribution in [2.45, 2.75) is 19.0 Å². The number of ether oxygens (including phenoxy) is 1. The average Bonchev–Trinajstić information content (AvgIpc) is 3.31. The van der Waals surface area contributed by atoms with Crippen molar-refractivity contribution >= 4 is 16.9 Å². The molecule has 8 nitrogen and oxygen atoms in total. The van der Waals surface area contributed by atoms with Crippen LogP contribution >= 0.6 is 0 Å². The van der Waals surface area contributed by atoms with Gasteiger partial charge in [-0.15, -0.1) is 5.10 Å². The standard InChI is InChI=1S/C15H16N6O2/c22-15(13-6-10-2-1-4-16-14(10)18-13)17-7-11-8-21(20-19-11)12-3-5-23-9-12/h1-2,4,6,8,12H,3,5,7,9H2,(H,16,18)(H,17,22). The summed E-state index contributed by atoms with van der Waals surface area (Å²) in [5.74, 6) is -0.193. The van der Waals surface area contributed by atoms with Gasteiger partial charge in [0.05, 0.1) is 25.4 Å². The third kappa shape index (κ3) is 2.80. The highest BCUT2D eigenvalue weighted by Gasteiger charge is 2.19. The molecule has 118 valence electrons. The summed E-state index contributed by atoms with van der Waals surface area (Å²) < 4.78 is 7.14. The minimum Gasteiger partial charge on any atom is -0.379 e. The smallest absolute Gasteiger partial charge is 0.268 e. The molecule has 0 bridgehead atoms. The summed E-state index contributed by atoms with van der Waals surface area (Å²) in [4.78, 5) is 19.4. The average molecular weight is 312 g/mol. The summed E-state index contributed by atoms with van der Waals surface area (Å²) in [5.41, 5.74) is 1.90. The van der Waals surface area contributed by atoms with E-state index in [4.69, 9.17) is 4.74 Å². The van der Waals surface area contributed by atoms with Gasteiger partial charge < -0.3 is 15.0 Å². The van der Waals surface area contributed by atoms with E-state index in [0.717, 1.165) is 24.1 Å². The van der Waals surface area contributed by atoms with Crippen LogP contribution < -0.4 is 5.32 Å². The Hall–Kier alpha value is -2.74. The number of H-pyrrole nitrogens is 1. The molecule has 0 radical (unpaired) electrons. The second-order valence-electron chi connectivity index (χ2n) is 5.51. The van der Waals surface area contributed by atoms with Gasteiger partial charge in [0.15, 0.2) is 0 Å². The van der Waals surface area contributed by atoms with Crippen molar-refractivity contribution < 1.29 is 9.53 Å². The van der Waals surface area contributed by atoms with E-state index in [1.54, 1.807) is 16.9 Å². The van der Waals surface area contributed by atoms with E-state index in [1.807, 2.05) is 18.3 Å². The van der Waals surface area contributed by atoms with Crippen LogP contribution in [0.3, 0.4) is 0 Å². The number of nitrogens with one attached hydrogen (secondary N) is 2. The second-order valence-corrected chi connectivity index (χ2v) is 5.51. The van der Waals surface area contributed by atoms with E-state index in [1.165, 1.54) is 0 Å². The number of hydrogen-bond donors (Lipinski definition) is 2. The number of aromatic amines is 1. The first-order valence-corrected chi connectivity index (χ1v) is 7.50. The molecule has 0 spiro atoms. The lowest BCUT2D eigenvalue weighted by Gasteiger charge is -2.05. The van der Waals surface area contributed by atoms with E-state index in [2.05, 4.69) is 25.6 Å². The Morgan fingerprint density at radius 2 is 2.48 bits per heavy atom. The molecule has 8 heteroatoms. The number of hydrogen-bond acceptors (Lipinski definition) is 5. The third-order valence-electron chi connectivity index (χ3n) is 3.90. The molecule has 1 amide bonds. The molecule has 23 heavy (non-hydrogen) atoms. The number of pyridine rings is 1. The Morgan fingerprint density at radius 3 is 3.30 bits per heavy atom. The molecule has 4 heterocycles. The predicted molar refractivity (Wildman–Crippen MR) is 81.8 cm³/mol. The summed E-state index contributed by atoms with van der Waals surface area (Å²) >= 11 is 0. The van der Waals surface area contributed by atoms with Crippen LogP contribution in [0.1, 0.15) is 28.6 Å². The summed E-state index contributed by atoms with van der Waals surface area (Å²) in [6.45, 7) is 1.75. The summed E-state index contributed by atoms with van der Waals surface area (Å²) in [7, 11) is 0. The van der Waals surface area contributed by atoms with Gasteiger partial charge in [-0.2, -0.15) is 0 Å². The van der Waals surface area contributed by atoms with Crippen LogP contribution in [0.15, 0.2) is 30.6 Å². The van der Waals surface area contributed by atoms with Crippen LogP contribution in [0.4, 0.5) is 0 Å². The van der Waals surface area contributed by atoms with Crippen molar-refractivity contribution in [3.05, 3.63) is 42.0 Å². The number of amides is 1. The van der Waals surface area contributed by atoms with Gasteiger partial charge in [-0.1, -0.05) is 5.21 Å². The van der Waals surface area contributed by atoms with Crippen molar-refractivity contribution in [3.63, 3.8) is 0 Å². The predicted octanol–water partition coefficient (Wildman–Crippen LogP) is 1.05. The van der Waals surface area contributed by atoms with Gasteiger partial charge in [-0.05, 0) is 24.6 Å². The molecule has 1 saturated heterocycles. The van der Waals surface area contributed by atoms with Gasteiger partial charge in [0.1, 0.15) is 17.0 Å². The fourth-order valence-corrected chi connectivity index (χ4v) is 2.65. The minimum atomic E-state index is -0.193. The fourth-order valence-electron chi connectivity index (χ4n) is 2.65. The lowest BCUT2D eigenvalue weighted by molar-refractivity contribution is 0.0946. The zero-order chi connectivity index (χ0) is 15.6. The molecule has 1 fully saturated rings. The maximum Gasteiger partial charge on any atom is 0.268 e. The molecular formula is C15H16N6O2. The molecule has 1 unspecified atom stereocenters. The zero-order valence-corrected chi connectivity index (χ0v) is 12.4. The van der Waals surface area contributed by atoms with Gasteiger partial charge >= 0.3 is 0 Å². The lowest BCUT2D eigenvalue weighted by atomic mass is 10.3. The van der Waals surface area contributed by atoms with Gasteiger partial charge in [-0.3, -0.25) is 4.79 Å². The molecule has 1 aliphatic heterocycles. The van der Waals surface area contributed by atoms with Crippen molar-refractivity contribution in [2.75, 3.05) is 13.2 Å². The SMILES string of the molecule is O=C(NCc1cn(C2CCOC2)nn1)c1cc2cccnc2[nH]1. The first kappa shape index (κ1) is 13.9. The Morgan fingerprint density at radius 1 is 1.52 bits per heavy atom. The van der Waals surface area contributed by atoms with E-state index in [0.29, 0.717) is 24.5 Å². The number of carbonyl (C=O) groups excluding carboxylic acids is 1. The Bertz CT molecular complexity index is 800. The van der Waals surface area contributed by atoms with Crippen molar-refractivity contribution in [1.29, 1.82) is 0 Å². The normalized spacial score (nSPS) is 17.7. The number of fused-ring (bicyclic) bond motifs is 1. The van der Waals surface area contributed by atoms with Crippen LogP contribution in [0, 0.1) is 0 Å². The molecule has 0 aliphatic carbocycles. The molecular weight excluding hydrogens is 296 g/mol. The number of carbonyl (C=O) groups is 1. The van der Waals surface area contributed by atoms with Gasteiger partial charge in [-0.25, -0.2) is 9.67 Å². The van der Waals surface area contributed by atoms with Crippen LogP contribution in [-0.4, -0.2) is 44.1 Å². The first-order valence-electron chi connectivity index (χ1n) is 7.50. The first-order chi connectivity index (χ1) is 11.3. The van der Waals surface area contributed by atoms with E-state index < -0.39 is 0 Å².